The number of hydrogen-bond donors (Lipinski definition) is 1. The fourth-order valence-electron chi connectivity index (χ4n) is 8.77. The van der Waals surface area contributed by atoms with Crippen molar-refractivity contribution < 1.29 is 9.50 Å². The monoisotopic (exact) mass is 916 g/mol. The Morgan fingerprint density at radius 2 is 0.984 bits per heavy atom. The summed E-state index contributed by atoms with van der Waals surface area (Å²) in [6.07, 6.45) is 0.0645. The van der Waals surface area contributed by atoms with Gasteiger partial charge in [0.1, 0.15) is 17.6 Å². The molecule has 0 bridgehead atoms. The molecule has 2 atom stereocenters. The van der Waals surface area contributed by atoms with Crippen molar-refractivity contribution in [2.75, 3.05) is 116 Å². The van der Waals surface area contributed by atoms with Crippen LogP contribution in [0.2, 0.25) is 10.0 Å². The van der Waals surface area contributed by atoms with E-state index in [1.165, 1.54) is 0 Å². The summed E-state index contributed by atoms with van der Waals surface area (Å²) < 4.78 is 17.8. The summed E-state index contributed by atoms with van der Waals surface area (Å²) in [6, 6.07) is 19.7. The Kier molecular flexibility index (Phi) is 15.7. The average Bonchev–Trinajstić information content (AvgIpc) is 4.10. The summed E-state index contributed by atoms with van der Waals surface area (Å²) in [5.41, 5.74) is 4.49. The van der Waals surface area contributed by atoms with Crippen molar-refractivity contribution in [1.29, 1.82) is 0 Å². The van der Waals surface area contributed by atoms with Crippen LogP contribution in [0.1, 0.15) is 27.7 Å². The number of aliphatic hydroxyl groups excluding tert-OH is 1. The van der Waals surface area contributed by atoms with Gasteiger partial charge in [0.2, 0.25) is 0 Å². The van der Waals surface area contributed by atoms with Crippen LogP contribution in [0, 0.1) is 0 Å². The zero-order chi connectivity index (χ0) is 42.7. The standard InChI is InChI=1S/C22H27ClFN7.C22H28ClN7O.2CH4/c1-28-9-11-29(12-10-28)13-14-31-21-18(22(27-31)30-8-7-17(24)15-30)19(23)20(25-26-21)16-5-3-2-4-6-16;1-27-9-11-28(12-10-27)13-14-30-21-18(22(26-30)29-8-7-17(31)15-29)19(23)20(24-25-21)16-5-3-2-4-6-16;;/h2-6,17H,7-15H2,1H3;2-6,17,31H,7-15H2,1H3;2*1H4/t2*17-;;/m11../s1. The molecule has 0 saturated carbocycles. The van der Waals surface area contributed by atoms with Crippen LogP contribution in [0.25, 0.3) is 44.6 Å². The first-order chi connectivity index (χ1) is 30.2. The molecule has 64 heavy (non-hydrogen) atoms. The van der Waals surface area contributed by atoms with Gasteiger partial charge in [-0.3, -0.25) is 9.80 Å². The predicted octanol–water partition coefficient (Wildman–Crippen LogP) is 6.18. The van der Waals surface area contributed by atoms with Crippen molar-refractivity contribution in [2.24, 2.45) is 0 Å². The van der Waals surface area contributed by atoms with Gasteiger partial charge in [-0.1, -0.05) is 98.7 Å². The van der Waals surface area contributed by atoms with E-state index in [9.17, 15) is 9.50 Å². The van der Waals surface area contributed by atoms with Gasteiger partial charge < -0.3 is 24.7 Å². The fraction of sp³-hybridized carbons (Fsp3) is 0.522. The number of aliphatic hydroxyl groups is 1. The molecule has 0 spiro atoms. The van der Waals surface area contributed by atoms with Crippen molar-refractivity contribution in [1.82, 2.24) is 59.6 Å². The van der Waals surface area contributed by atoms with Gasteiger partial charge in [-0.25, -0.2) is 13.8 Å². The molecule has 0 radical (unpaired) electrons. The lowest BCUT2D eigenvalue weighted by Gasteiger charge is -2.32. The van der Waals surface area contributed by atoms with E-state index in [0.29, 0.717) is 71.1 Å². The molecule has 0 aliphatic carbocycles. The Morgan fingerprint density at radius 3 is 1.38 bits per heavy atom. The highest BCUT2D eigenvalue weighted by molar-refractivity contribution is 6.39. The first-order valence-electron chi connectivity index (χ1n) is 21.8. The van der Waals surface area contributed by atoms with Crippen LogP contribution in [0.5, 0.6) is 0 Å². The number of hydrogen-bond acceptors (Lipinski definition) is 13. The minimum atomic E-state index is -0.840. The predicted molar refractivity (Wildman–Crippen MR) is 257 cm³/mol. The second-order valence-corrected chi connectivity index (χ2v) is 17.7. The zero-order valence-corrected chi connectivity index (χ0v) is 37.0. The van der Waals surface area contributed by atoms with E-state index in [-0.39, 0.29) is 21.0 Å². The van der Waals surface area contributed by atoms with E-state index in [0.717, 1.165) is 113 Å². The fourth-order valence-corrected chi connectivity index (χ4v) is 9.40. The maximum atomic E-state index is 14.0. The van der Waals surface area contributed by atoms with Crippen LogP contribution in [0.15, 0.2) is 60.7 Å². The summed E-state index contributed by atoms with van der Waals surface area (Å²) in [5, 5.41) is 40.5. The van der Waals surface area contributed by atoms with E-state index in [2.05, 4.69) is 59.0 Å². The lowest BCUT2D eigenvalue weighted by Crippen LogP contribution is -2.45. The molecule has 6 aromatic rings. The quantitative estimate of drug-likeness (QED) is 0.168. The van der Waals surface area contributed by atoms with Crippen LogP contribution >= 0.6 is 23.2 Å². The third-order valence-corrected chi connectivity index (χ3v) is 13.3. The topological polar surface area (TPSA) is 127 Å². The Morgan fingerprint density at radius 1 is 0.562 bits per heavy atom. The van der Waals surface area contributed by atoms with Gasteiger partial charge in [0.05, 0.1) is 46.6 Å². The molecule has 4 saturated heterocycles. The molecule has 344 valence electrons. The molecule has 0 amide bonds. The van der Waals surface area contributed by atoms with Gasteiger partial charge in [0, 0.05) is 96.2 Å². The first kappa shape index (κ1) is 47.4. The molecule has 15 nitrogen and oxygen atoms in total. The van der Waals surface area contributed by atoms with Gasteiger partial charge in [0.25, 0.3) is 0 Å². The van der Waals surface area contributed by atoms with Gasteiger partial charge in [-0.15, -0.1) is 20.4 Å². The van der Waals surface area contributed by atoms with Crippen molar-refractivity contribution in [3.8, 4) is 22.5 Å². The molecule has 8 heterocycles. The van der Waals surface area contributed by atoms with Gasteiger partial charge in [0.15, 0.2) is 22.9 Å². The molecule has 4 aliphatic rings. The average molecular weight is 918 g/mol. The number of benzene rings is 2. The van der Waals surface area contributed by atoms with Crippen LogP contribution in [-0.2, 0) is 13.1 Å². The number of piperazine rings is 2. The van der Waals surface area contributed by atoms with Crippen molar-refractivity contribution in [3.05, 3.63) is 70.7 Å². The summed E-state index contributed by atoms with van der Waals surface area (Å²) in [7, 11) is 4.32. The van der Waals surface area contributed by atoms with E-state index in [4.69, 9.17) is 33.4 Å². The Hall–Kier alpha value is -4.55. The maximum Gasteiger partial charge on any atom is 0.184 e. The SMILES string of the molecule is C.C.CN1CCN(CCn2nc(N3CC[C@@H](F)C3)c3c(Cl)c(-c4ccccc4)nnc32)CC1.CN1CCN(CCn2nc(N3CC[C@@H](O)C3)c3c(Cl)c(-c4ccccc4)nnc32)CC1. The molecule has 2 aromatic carbocycles. The lowest BCUT2D eigenvalue weighted by atomic mass is 10.1. The molecule has 18 heteroatoms. The summed E-state index contributed by atoms with van der Waals surface area (Å²) in [6.45, 7) is 14.0. The molecule has 4 aliphatic heterocycles. The van der Waals surface area contributed by atoms with Crippen LogP contribution in [0.3, 0.4) is 0 Å². The molecular weight excluding hydrogens is 855 g/mol. The highest BCUT2D eigenvalue weighted by Crippen LogP contribution is 2.39. The second-order valence-electron chi connectivity index (χ2n) is 17.0. The van der Waals surface area contributed by atoms with Crippen molar-refractivity contribution in [3.63, 3.8) is 0 Å². The summed E-state index contributed by atoms with van der Waals surface area (Å²) >= 11 is 13.8. The third kappa shape index (κ3) is 10.3. The number of β-amino-alcohol motifs (C(OH)–C–C–N with tert-alkyl or cyclic N) is 1. The number of aromatic nitrogens is 8. The molecule has 1 N–H and O–H groups in total. The largest absolute Gasteiger partial charge is 0.391 e. The zero-order valence-electron chi connectivity index (χ0n) is 35.5. The van der Waals surface area contributed by atoms with Crippen molar-refractivity contribution >= 4 is 56.9 Å². The number of nitrogens with zero attached hydrogens (tertiary/aromatic N) is 14. The Labute approximate surface area is 386 Å². The van der Waals surface area contributed by atoms with Crippen LogP contribution in [0.4, 0.5) is 16.0 Å². The number of alkyl halides is 1. The summed E-state index contributed by atoms with van der Waals surface area (Å²) in [5.74, 6) is 1.51. The molecule has 0 unspecified atom stereocenters. The second kappa shape index (κ2) is 21.2. The van der Waals surface area contributed by atoms with E-state index < -0.39 is 6.17 Å². The number of halogens is 3. The third-order valence-electron chi connectivity index (χ3n) is 12.6. The van der Waals surface area contributed by atoms with Gasteiger partial charge >= 0.3 is 0 Å². The summed E-state index contributed by atoms with van der Waals surface area (Å²) in [4.78, 5) is 13.7. The van der Waals surface area contributed by atoms with Crippen LogP contribution < -0.4 is 9.80 Å². The molecular formula is C46H63Cl2FN14O. The number of anilines is 2. The Balaban J connectivity index is 0.000000186. The Bertz CT molecular complexity index is 2270. The highest BCUT2D eigenvalue weighted by atomic mass is 35.5. The van der Waals surface area contributed by atoms with E-state index >= 15 is 0 Å². The maximum absolute atomic E-state index is 14.0. The highest BCUT2D eigenvalue weighted by Gasteiger charge is 2.31. The van der Waals surface area contributed by atoms with Crippen LogP contribution in [-0.4, -0.2) is 183 Å². The molecule has 10 rings (SSSR count). The van der Waals surface area contributed by atoms with Gasteiger partial charge in [-0.05, 0) is 26.9 Å². The lowest BCUT2D eigenvalue weighted by molar-refractivity contribution is 0.149. The number of likely N-dealkylation sites (N-methyl/N-ethyl adjacent to an activating group) is 2. The minimum Gasteiger partial charge on any atom is -0.391 e. The van der Waals surface area contributed by atoms with Crippen molar-refractivity contribution in [2.45, 2.75) is 53.1 Å². The molecule has 4 aromatic heterocycles. The molecule has 4 fully saturated rings. The number of rotatable bonds is 10. The van der Waals surface area contributed by atoms with E-state index in [1.807, 2.05) is 74.9 Å². The smallest absolute Gasteiger partial charge is 0.184 e. The normalized spacial score (nSPS) is 20.1. The minimum absolute atomic E-state index is 0. The number of fused-ring (bicyclic) bond motifs is 2. The van der Waals surface area contributed by atoms with Gasteiger partial charge in [-0.2, -0.15) is 10.2 Å². The first-order valence-corrected chi connectivity index (χ1v) is 22.6. The van der Waals surface area contributed by atoms with E-state index in [1.54, 1.807) is 0 Å².